The summed E-state index contributed by atoms with van der Waals surface area (Å²) in [6, 6.07) is 10.2. The Kier molecular flexibility index (Phi) is 5.37. The molecule has 0 saturated heterocycles. The van der Waals surface area contributed by atoms with Gasteiger partial charge in [0.1, 0.15) is 0 Å². The third kappa shape index (κ3) is 4.35. The van der Waals surface area contributed by atoms with Crippen LogP contribution in [0.1, 0.15) is 5.56 Å². The monoisotopic (exact) mass is 244 g/mol. The Morgan fingerprint density at radius 1 is 1.43 bits per heavy atom. The van der Waals surface area contributed by atoms with E-state index in [4.69, 9.17) is 5.11 Å². The summed E-state index contributed by atoms with van der Waals surface area (Å²) in [5.74, 6) is 1.67. The van der Waals surface area contributed by atoms with Crippen LogP contribution >= 0.6 is 36.6 Å². The van der Waals surface area contributed by atoms with Crippen LogP contribution in [0.15, 0.2) is 30.3 Å². The highest BCUT2D eigenvalue weighted by Gasteiger charge is 2.07. The van der Waals surface area contributed by atoms with Crippen molar-refractivity contribution < 1.29 is 5.11 Å². The number of aliphatic hydroxyl groups is 1. The largest absolute Gasteiger partial charge is 0.501 e. The molecule has 0 bridgehead atoms. The van der Waals surface area contributed by atoms with Crippen molar-refractivity contribution in [3.05, 3.63) is 35.9 Å². The van der Waals surface area contributed by atoms with Crippen molar-refractivity contribution in [3.8, 4) is 0 Å². The minimum Gasteiger partial charge on any atom is -0.501 e. The van der Waals surface area contributed by atoms with Gasteiger partial charge in [0, 0.05) is 11.5 Å². The Balaban J connectivity index is 2.26. The molecule has 14 heavy (non-hydrogen) atoms. The van der Waals surface area contributed by atoms with Crippen LogP contribution in [0.5, 0.6) is 0 Å². The standard InChI is InChI=1S/C10H12OS3/c11-10(13)9(12)7-14-6-8-4-2-1-3-5-8/h1-5,9,12H,6-7H2,(H,11,13). The zero-order chi connectivity index (χ0) is 10.4. The van der Waals surface area contributed by atoms with E-state index < -0.39 is 0 Å². The zero-order valence-electron chi connectivity index (χ0n) is 7.59. The van der Waals surface area contributed by atoms with Crippen molar-refractivity contribution in [3.63, 3.8) is 0 Å². The van der Waals surface area contributed by atoms with Crippen LogP contribution in [0.3, 0.4) is 0 Å². The van der Waals surface area contributed by atoms with Crippen molar-refractivity contribution in [2.24, 2.45) is 0 Å². The molecule has 0 aromatic heterocycles. The molecule has 0 saturated carbocycles. The molecule has 0 heterocycles. The van der Waals surface area contributed by atoms with Crippen molar-refractivity contribution in [2.45, 2.75) is 11.0 Å². The average Bonchev–Trinajstić information content (AvgIpc) is 2.19. The molecule has 1 aromatic rings. The number of benzene rings is 1. The molecule has 0 fully saturated rings. The van der Waals surface area contributed by atoms with E-state index in [9.17, 15) is 0 Å². The highest BCUT2D eigenvalue weighted by atomic mass is 32.2. The molecule has 1 nitrogen and oxygen atoms in total. The molecule has 0 amide bonds. The minimum absolute atomic E-state index is 0.0195. The molecule has 0 aliphatic heterocycles. The number of thiol groups is 1. The number of hydrogen-bond acceptors (Lipinski definition) is 3. The smallest absolute Gasteiger partial charge is 0.170 e. The predicted octanol–water partition coefficient (Wildman–Crippen LogP) is 3.10. The molecule has 0 radical (unpaired) electrons. The average molecular weight is 244 g/mol. The quantitative estimate of drug-likeness (QED) is 0.613. The van der Waals surface area contributed by atoms with E-state index in [0.29, 0.717) is 0 Å². The van der Waals surface area contributed by atoms with Gasteiger partial charge >= 0.3 is 0 Å². The highest BCUT2D eigenvalue weighted by Crippen LogP contribution is 2.15. The van der Waals surface area contributed by atoms with Gasteiger partial charge in [-0.1, -0.05) is 30.3 Å². The maximum atomic E-state index is 8.96. The van der Waals surface area contributed by atoms with Crippen LogP contribution in [0, 0.1) is 0 Å². The SMILES string of the molecule is OC(=S)C(S)CSCc1ccccc1. The Hall–Kier alpha value is -0.190. The fourth-order valence-electron chi connectivity index (χ4n) is 0.934. The molecule has 1 rings (SSSR count). The summed E-state index contributed by atoms with van der Waals surface area (Å²) in [5, 5.41) is 8.74. The van der Waals surface area contributed by atoms with Gasteiger partial charge in [0.05, 0.1) is 5.25 Å². The lowest BCUT2D eigenvalue weighted by atomic mass is 10.2. The molecule has 1 N–H and O–H groups in total. The Labute approximate surface area is 99.3 Å². The van der Waals surface area contributed by atoms with Gasteiger partial charge in [-0.25, -0.2) is 0 Å². The van der Waals surface area contributed by atoms with Crippen LogP contribution in [0.25, 0.3) is 0 Å². The number of rotatable bonds is 5. The van der Waals surface area contributed by atoms with E-state index in [1.54, 1.807) is 11.8 Å². The van der Waals surface area contributed by atoms with E-state index >= 15 is 0 Å². The first kappa shape index (κ1) is 11.9. The van der Waals surface area contributed by atoms with Crippen LogP contribution in [0.2, 0.25) is 0 Å². The summed E-state index contributed by atoms with van der Waals surface area (Å²) in [7, 11) is 0. The van der Waals surface area contributed by atoms with E-state index in [2.05, 4.69) is 37.0 Å². The molecule has 4 heteroatoms. The maximum Gasteiger partial charge on any atom is 0.170 e. The van der Waals surface area contributed by atoms with Gasteiger partial charge in [-0.05, 0) is 17.8 Å². The molecular weight excluding hydrogens is 232 g/mol. The number of thioether (sulfide) groups is 1. The molecule has 0 spiro atoms. The van der Waals surface area contributed by atoms with Gasteiger partial charge in [-0.3, -0.25) is 0 Å². The van der Waals surface area contributed by atoms with E-state index in [1.807, 2.05) is 18.2 Å². The summed E-state index contributed by atoms with van der Waals surface area (Å²) >= 11 is 10.5. The lowest BCUT2D eigenvalue weighted by molar-refractivity contribution is 0.556. The van der Waals surface area contributed by atoms with E-state index in [1.165, 1.54) is 5.56 Å². The fourth-order valence-corrected chi connectivity index (χ4v) is 2.37. The summed E-state index contributed by atoms with van der Waals surface area (Å²) < 4.78 is 0. The first-order valence-corrected chi connectivity index (χ1v) is 6.30. The summed E-state index contributed by atoms with van der Waals surface area (Å²) in [5.41, 5.74) is 1.28. The normalized spacial score (nSPS) is 12.4. The Morgan fingerprint density at radius 2 is 2.07 bits per heavy atom. The highest BCUT2D eigenvalue weighted by molar-refractivity contribution is 7.99. The fraction of sp³-hybridized carbons (Fsp3) is 0.300. The van der Waals surface area contributed by atoms with Gasteiger partial charge < -0.3 is 5.11 Å². The first-order valence-electron chi connectivity index (χ1n) is 4.22. The van der Waals surface area contributed by atoms with Gasteiger partial charge in [0.2, 0.25) is 0 Å². The Bertz CT molecular complexity index is 287. The number of hydrogen-bond donors (Lipinski definition) is 2. The summed E-state index contributed by atoms with van der Waals surface area (Å²) in [6.45, 7) is 0. The molecule has 1 unspecified atom stereocenters. The van der Waals surface area contributed by atoms with Crippen molar-refractivity contribution in [1.29, 1.82) is 0 Å². The molecule has 1 aromatic carbocycles. The van der Waals surface area contributed by atoms with Crippen LogP contribution in [0.4, 0.5) is 0 Å². The van der Waals surface area contributed by atoms with Crippen LogP contribution in [-0.4, -0.2) is 21.2 Å². The van der Waals surface area contributed by atoms with E-state index in [0.717, 1.165) is 11.5 Å². The predicted molar refractivity (Wildman–Crippen MR) is 70.6 cm³/mol. The maximum absolute atomic E-state index is 8.96. The molecular formula is C10H12OS3. The third-order valence-electron chi connectivity index (χ3n) is 1.67. The van der Waals surface area contributed by atoms with Crippen molar-refractivity contribution >= 4 is 41.7 Å². The molecule has 76 valence electrons. The number of aliphatic hydroxyl groups excluding tert-OH is 1. The number of thiocarbonyl (C=S) groups is 1. The van der Waals surface area contributed by atoms with Gasteiger partial charge in [0.15, 0.2) is 5.05 Å². The zero-order valence-corrected chi connectivity index (χ0v) is 10.1. The van der Waals surface area contributed by atoms with Crippen LogP contribution < -0.4 is 0 Å². The lowest BCUT2D eigenvalue weighted by Gasteiger charge is -2.06. The first-order chi connectivity index (χ1) is 6.70. The topological polar surface area (TPSA) is 20.2 Å². The van der Waals surface area contributed by atoms with Crippen molar-refractivity contribution in [2.75, 3.05) is 5.75 Å². The van der Waals surface area contributed by atoms with Crippen molar-refractivity contribution in [1.82, 2.24) is 0 Å². The van der Waals surface area contributed by atoms with Gasteiger partial charge in [-0.15, -0.1) is 0 Å². The second kappa shape index (κ2) is 6.32. The lowest BCUT2D eigenvalue weighted by Crippen LogP contribution is -2.13. The molecule has 0 aliphatic carbocycles. The molecule has 1 atom stereocenters. The minimum atomic E-state index is -0.196. The summed E-state index contributed by atoms with van der Waals surface area (Å²) in [4.78, 5) is 0. The second-order valence-corrected chi connectivity index (χ2v) is 4.93. The van der Waals surface area contributed by atoms with E-state index in [-0.39, 0.29) is 10.3 Å². The third-order valence-corrected chi connectivity index (χ3v) is 3.91. The second-order valence-electron chi connectivity index (χ2n) is 2.85. The summed E-state index contributed by atoms with van der Waals surface area (Å²) in [6.07, 6.45) is 0. The van der Waals surface area contributed by atoms with Gasteiger partial charge in [-0.2, -0.15) is 24.4 Å². The Morgan fingerprint density at radius 3 is 2.64 bits per heavy atom. The van der Waals surface area contributed by atoms with Crippen LogP contribution in [-0.2, 0) is 5.75 Å². The van der Waals surface area contributed by atoms with Gasteiger partial charge in [0.25, 0.3) is 0 Å². The molecule has 0 aliphatic rings.